The summed E-state index contributed by atoms with van der Waals surface area (Å²) in [6, 6.07) is 3.78. The van der Waals surface area contributed by atoms with Crippen LogP contribution in [0.4, 0.5) is 5.82 Å². The molecular formula is C18H22ClN5O. The summed E-state index contributed by atoms with van der Waals surface area (Å²) in [5.74, 6) is 1.02. The van der Waals surface area contributed by atoms with E-state index in [9.17, 15) is 4.79 Å². The number of halogens is 1. The summed E-state index contributed by atoms with van der Waals surface area (Å²) < 4.78 is 1.78. The van der Waals surface area contributed by atoms with E-state index in [0.29, 0.717) is 18.1 Å². The Bertz CT molecular complexity index is 778. The monoisotopic (exact) mass is 359 g/mol. The van der Waals surface area contributed by atoms with Gasteiger partial charge in [-0.25, -0.2) is 4.98 Å². The third-order valence-corrected chi connectivity index (χ3v) is 5.35. The molecular weight excluding hydrogens is 338 g/mol. The molecule has 0 radical (unpaired) electrons. The molecule has 25 heavy (non-hydrogen) atoms. The lowest BCUT2D eigenvalue weighted by Gasteiger charge is -2.35. The van der Waals surface area contributed by atoms with E-state index in [4.69, 9.17) is 11.6 Å². The quantitative estimate of drug-likeness (QED) is 0.825. The Morgan fingerprint density at radius 3 is 2.60 bits per heavy atom. The first-order valence-corrected chi connectivity index (χ1v) is 9.22. The molecule has 0 bridgehead atoms. The van der Waals surface area contributed by atoms with Crippen molar-refractivity contribution in [3.8, 4) is 0 Å². The molecule has 0 aromatic carbocycles. The van der Waals surface area contributed by atoms with Crippen LogP contribution in [-0.2, 0) is 19.9 Å². The number of carbonyl (C=O) groups is 1. The van der Waals surface area contributed by atoms with Crippen LogP contribution in [0.15, 0.2) is 18.3 Å². The maximum atomic E-state index is 13.1. The van der Waals surface area contributed by atoms with Gasteiger partial charge in [-0.15, -0.1) is 0 Å². The van der Waals surface area contributed by atoms with Crippen LogP contribution in [0, 0.1) is 0 Å². The van der Waals surface area contributed by atoms with Crippen molar-refractivity contribution in [3.05, 3.63) is 40.3 Å². The smallest absolute Gasteiger partial charge is 0.272 e. The van der Waals surface area contributed by atoms with Crippen molar-refractivity contribution in [2.24, 2.45) is 7.05 Å². The van der Waals surface area contributed by atoms with Crippen LogP contribution in [0.2, 0.25) is 5.02 Å². The van der Waals surface area contributed by atoms with Crippen LogP contribution in [0.1, 0.15) is 34.6 Å². The second-order valence-corrected chi connectivity index (χ2v) is 7.15. The summed E-state index contributed by atoms with van der Waals surface area (Å²) in [5.41, 5.74) is 3.06. The van der Waals surface area contributed by atoms with E-state index in [-0.39, 0.29) is 5.91 Å². The Kier molecular flexibility index (Phi) is 4.37. The summed E-state index contributed by atoms with van der Waals surface area (Å²) in [7, 11) is 1.89. The van der Waals surface area contributed by atoms with Crippen molar-refractivity contribution >= 4 is 23.3 Å². The highest BCUT2D eigenvalue weighted by Gasteiger charge is 2.29. The molecule has 2 aliphatic rings. The average Bonchev–Trinajstić information content (AvgIpc) is 2.97. The minimum Gasteiger partial charge on any atom is -0.353 e. The summed E-state index contributed by atoms with van der Waals surface area (Å²) in [4.78, 5) is 21.6. The summed E-state index contributed by atoms with van der Waals surface area (Å²) in [5, 5.41) is 5.21. The number of hydrogen-bond acceptors (Lipinski definition) is 4. The molecule has 132 valence electrons. The van der Waals surface area contributed by atoms with Crippen LogP contribution in [0.5, 0.6) is 0 Å². The van der Waals surface area contributed by atoms with Gasteiger partial charge in [0.25, 0.3) is 5.91 Å². The van der Waals surface area contributed by atoms with E-state index in [1.54, 1.807) is 10.9 Å². The topological polar surface area (TPSA) is 54.3 Å². The number of aryl methyl sites for hydroxylation is 2. The number of amides is 1. The predicted octanol–water partition coefficient (Wildman–Crippen LogP) is 2.31. The van der Waals surface area contributed by atoms with Gasteiger partial charge in [0.15, 0.2) is 0 Å². The normalized spacial score (nSPS) is 17.5. The molecule has 2 aromatic rings. The number of rotatable bonds is 2. The molecule has 0 atom stereocenters. The maximum Gasteiger partial charge on any atom is 0.272 e. The number of piperazine rings is 1. The second kappa shape index (κ2) is 6.67. The van der Waals surface area contributed by atoms with E-state index in [0.717, 1.165) is 49.6 Å². The van der Waals surface area contributed by atoms with Crippen molar-refractivity contribution < 1.29 is 4.79 Å². The van der Waals surface area contributed by atoms with Crippen molar-refractivity contribution in [1.82, 2.24) is 19.7 Å². The zero-order valence-corrected chi connectivity index (χ0v) is 15.2. The molecule has 7 heteroatoms. The Morgan fingerprint density at radius 2 is 1.88 bits per heavy atom. The number of hydrogen-bond donors (Lipinski definition) is 0. The van der Waals surface area contributed by atoms with Gasteiger partial charge in [0, 0.05) is 45.0 Å². The lowest BCUT2D eigenvalue weighted by Crippen LogP contribution is -2.49. The first-order chi connectivity index (χ1) is 12.1. The van der Waals surface area contributed by atoms with Crippen molar-refractivity contribution in [1.29, 1.82) is 0 Å². The van der Waals surface area contributed by atoms with Gasteiger partial charge in [-0.05, 0) is 37.8 Å². The largest absolute Gasteiger partial charge is 0.353 e. The summed E-state index contributed by atoms with van der Waals surface area (Å²) in [6.07, 6.45) is 5.95. The highest BCUT2D eigenvalue weighted by Crippen LogP contribution is 2.25. The first-order valence-electron chi connectivity index (χ1n) is 8.84. The highest BCUT2D eigenvalue weighted by molar-refractivity contribution is 6.30. The van der Waals surface area contributed by atoms with Crippen LogP contribution in [0.25, 0.3) is 0 Å². The number of carbonyl (C=O) groups excluding carboxylic acids is 1. The Morgan fingerprint density at radius 1 is 1.12 bits per heavy atom. The molecule has 1 fully saturated rings. The molecule has 0 N–H and O–H groups in total. The number of anilines is 1. The number of nitrogens with zero attached hydrogens (tertiary/aromatic N) is 5. The Balaban J connectivity index is 1.47. The lowest BCUT2D eigenvalue weighted by atomic mass is 9.95. The summed E-state index contributed by atoms with van der Waals surface area (Å²) >= 11 is 5.90. The van der Waals surface area contributed by atoms with Crippen LogP contribution in [-0.4, -0.2) is 51.8 Å². The standard InChI is InChI=1S/C18H22ClN5O/c1-22-17(14-4-2-3-5-15(14)21-22)18(25)24-10-8-23(9-11-24)16-7-6-13(19)12-20-16/h6-7,12H,2-5,8-11H2,1H3. The van der Waals surface area contributed by atoms with Crippen molar-refractivity contribution in [2.45, 2.75) is 25.7 Å². The summed E-state index contributed by atoms with van der Waals surface area (Å²) in [6.45, 7) is 2.95. The van der Waals surface area contributed by atoms with E-state index in [2.05, 4.69) is 15.0 Å². The van der Waals surface area contributed by atoms with Gasteiger partial charge >= 0.3 is 0 Å². The van der Waals surface area contributed by atoms with E-state index >= 15 is 0 Å². The third-order valence-electron chi connectivity index (χ3n) is 5.12. The molecule has 4 rings (SSSR count). The number of fused-ring (bicyclic) bond motifs is 1. The van der Waals surface area contributed by atoms with Gasteiger partial charge in [0.2, 0.25) is 0 Å². The van der Waals surface area contributed by atoms with Gasteiger partial charge in [0.1, 0.15) is 11.5 Å². The zero-order chi connectivity index (χ0) is 17.4. The lowest BCUT2D eigenvalue weighted by molar-refractivity contribution is 0.0734. The number of pyridine rings is 1. The molecule has 1 aliphatic carbocycles. The molecule has 3 heterocycles. The second-order valence-electron chi connectivity index (χ2n) is 6.72. The fourth-order valence-electron chi connectivity index (χ4n) is 3.79. The molecule has 1 aliphatic heterocycles. The fourth-order valence-corrected chi connectivity index (χ4v) is 3.90. The molecule has 1 saturated heterocycles. The van der Waals surface area contributed by atoms with Gasteiger partial charge < -0.3 is 9.80 Å². The molecule has 1 amide bonds. The SMILES string of the molecule is Cn1nc2c(c1C(=O)N1CCN(c3ccc(Cl)cn3)CC1)CCCC2. The van der Waals surface area contributed by atoms with Crippen molar-refractivity contribution in [2.75, 3.05) is 31.1 Å². The molecule has 0 saturated carbocycles. The van der Waals surface area contributed by atoms with Gasteiger partial charge in [-0.3, -0.25) is 9.48 Å². The molecule has 6 nitrogen and oxygen atoms in total. The third kappa shape index (κ3) is 3.11. The molecule has 0 spiro atoms. The minimum absolute atomic E-state index is 0.113. The first kappa shape index (κ1) is 16.4. The van der Waals surface area contributed by atoms with Crippen LogP contribution < -0.4 is 4.90 Å². The molecule has 2 aromatic heterocycles. The maximum absolute atomic E-state index is 13.1. The minimum atomic E-state index is 0.113. The van der Waals surface area contributed by atoms with Gasteiger partial charge in [0.05, 0.1) is 10.7 Å². The van der Waals surface area contributed by atoms with Gasteiger partial charge in [-0.1, -0.05) is 11.6 Å². The van der Waals surface area contributed by atoms with E-state index in [1.165, 1.54) is 12.0 Å². The van der Waals surface area contributed by atoms with Gasteiger partial charge in [-0.2, -0.15) is 5.10 Å². The molecule has 0 unspecified atom stereocenters. The average molecular weight is 360 g/mol. The number of aromatic nitrogens is 3. The van der Waals surface area contributed by atoms with E-state index in [1.807, 2.05) is 24.1 Å². The van der Waals surface area contributed by atoms with E-state index < -0.39 is 0 Å². The van der Waals surface area contributed by atoms with Crippen LogP contribution in [0.3, 0.4) is 0 Å². The zero-order valence-electron chi connectivity index (χ0n) is 14.4. The van der Waals surface area contributed by atoms with Crippen LogP contribution >= 0.6 is 11.6 Å². The highest BCUT2D eigenvalue weighted by atomic mass is 35.5. The fraction of sp³-hybridized carbons (Fsp3) is 0.500. The Hall–Kier alpha value is -2.08. The predicted molar refractivity (Wildman–Crippen MR) is 97.2 cm³/mol. The van der Waals surface area contributed by atoms with Crippen molar-refractivity contribution in [3.63, 3.8) is 0 Å². The Labute approximate surface area is 152 Å².